The maximum atomic E-state index is 6.01. The van der Waals surface area contributed by atoms with E-state index < -0.39 is 7.65 Å². The number of nitrogens with two attached hydrogens (primary N) is 2. The largest absolute Gasteiger partial charge is 0.437 e. The molecule has 11 heteroatoms. The van der Waals surface area contributed by atoms with E-state index in [1.54, 1.807) is 24.3 Å². The van der Waals surface area contributed by atoms with E-state index >= 15 is 0 Å². The highest BCUT2D eigenvalue weighted by molar-refractivity contribution is 7.80. The molecular formula is C12H9Cl4N3O2P2. The molecule has 0 bridgehead atoms. The van der Waals surface area contributed by atoms with Crippen LogP contribution in [-0.2, 0) is 0 Å². The van der Waals surface area contributed by atoms with Crippen molar-refractivity contribution in [2.24, 2.45) is 4.52 Å². The van der Waals surface area contributed by atoms with Crippen molar-refractivity contribution in [3.8, 4) is 11.5 Å². The molecule has 0 aromatic heterocycles. The molecule has 0 spiro atoms. The van der Waals surface area contributed by atoms with Crippen LogP contribution in [0.2, 0.25) is 15.1 Å². The summed E-state index contributed by atoms with van der Waals surface area (Å²) in [4.78, 5) is 0. The second kappa shape index (κ2) is 8.43. The molecule has 2 aromatic carbocycles. The summed E-state index contributed by atoms with van der Waals surface area (Å²) in [5.41, 5.74) is 12.2. The van der Waals surface area contributed by atoms with Gasteiger partial charge < -0.3 is 20.5 Å². The van der Waals surface area contributed by atoms with Gasteiger partial charge in [0.15, 0.2) is 5.75 Å². The molecule has 0 aliphatic carbocycles. The fraction of sp³-hybridized carbons (Fsp3) is 0. The summed E-state index contributed by atoms with van der Waals surface area (Å²) in [6, 6.07) is 8.39. The molecule has 0 heterocycles. The second-order valence-electron chi connectivity index (χ2n) is 4.02. The minimum atomic E-state index is -1.65. The highest BCUT2D eigenvalue weighted by Gasteiger charge is 2.14. The molecule has 2 rings (SSSR count). The molecule has 1 atom stereocenters. The molecule has 1 unspecified atom stereocenters. The van der Waals surface area contributed by atoms with Gasteiger partial charge in [-0.15, -0.1) is 4.52 Å². The molecule has 5 nitrogen and oxygen atoms in total. The zero-order valence-electron chi connectivity index (χ0n) is 11.2. The Labute approximate surface area is 155 Å². The van der Waals surface area contributed by atoms with E-state index in [4.69, 9.17) is 66.6 Å². The number of anilines is 2. The maximum Gasteiger partial charge on any atom is 0.323 e. The normalized spacial score (nSPS) is 12.3. The van der Waals surface area contributed by atoms with Crippen molar-refractivity contribution in [1.29, 1.82) is 0 Å². The first-order valence-electron chi connectivity index (χ1n) is 5.89. The monoisotopic (exact) mass is 429 g/mol. The third-order valence-corrected chi connectivity index (χ3v) is 6.07. The van der Waals surface area contributed by atoms with E-state index in [1.165, 1.54) is 6.07 Å². The molecule has 0 radical (unpaired) electrons. The number of nitrogens with zero attached hydrogens (tertiary/aromatic N) is 1. The molecule has 4 N–H and O–H groups in total. The van der Waals surface area contributed by atoms with E-state index in [0.717, 1.165) is 0 Å². The van der Waals surface area contributed by atoms with Gasteiger partial charge in [-0.05, 0) is 23.4 Å². The van der Waals surface area contributed by atoms with Gasteiger partial charge in [0, 0.05) is 6.07 Å². The van der Waals surface area contributed by atoms with Crippen LogP contribution in [0.5, 0.6) is 11.5 Å². The van der Waals surface area contributed by atoms with Crippen LogP contribution in [-0.4, -0.2) is 0 Å². The zero-order valence-corrected chi connectivity index (χ0v) is 16.0. The summed E-state index contributed by atoms with van der Waals surface area (Å²) < 4.78 is 14.8. The molecule has 0 fully saturated rings. The molecule has 122 valence electrons. The molecule has 0 saturated carbocycles. The fourth-order valence-corrected chi connectivity index (χ4v) is 3.57. The Bertz CT molecular complexity index is 748. The van der Waals surface area contributed by atoms with Gasteiger partial charge in [-0.3, -0.25) is 0 Å². The predicted molar refractivity (Wildman–Crippen MR) is 100 cm³/mol. The van der Waals surface area contributed by atoms with E-state index in [9.17, 15) is 0 Å². The Morgan fingerprint density at radius 3 is 2.43 bits per heavy atom. The van der Waals surface area contributed by atoms with Crippen molar-refractivity contribution < 1.29 is 9.05 Å². The van der Waals surface area contributed by atoms with Crippen LogP contribution < -0.4 is 20.5 Å². The highest BCUT2D eigenvalue weighted by atomic mass is 35.7. The smallest absolute Gasteiger partial charge is 0.323 e. The molecule has 0 aliphatic rings. The molecule has 0 aliphatic heterocycles. The number of nitrogen functional groups attached to an aromatic ring is 2. The van der Waals surface area contributed by atoms with Crippen LogP contribution in [0.25, 0.3) is 0 Å². The van der Waals surface area contributed by atoms with Crippen molar-refractivity contribution in [3.05, 3.63) is 45.4 Å². The summed E-state index contributed by atoms with van der Waals surface area (Å²) >= 11 is 23.7. The van der Waals surface area contributed by atoms with E-state index in [-0.39, 0.29) is 35.1 Å². The van der Waals surface area contributed by atoms with Crippen LogP contribution in [0.3, 0.4) is 0 Å². The van der Waals surface area contributed by atoms with Gasteiger partial charge in [0.25, 0.3) is 8.60 Å². The molecular weight excluding hydrogens is 422 g/mol. The fourth-order valence-electron chi connectivity index (χ4n) is 1.42. The lowest BCUT2D eigenvalue weighted by Crippen LogP contribution is -1.91. The van der Waals surface area contributed by atoms with Gasteiger partial charge in [0.05, 0.1) is 26.4 Å². The average molecular weight is 431 g/mol. The first kappa shape index (κ1) is 18.7. The minimum absolute atomic E-state index is 0.116. The van der Waals surface area contributed by atoms with Gasteiger partial charge in [-0.25, -0.2) is 0 Å². The summed E-state index contributed by atoms with van der Waals surface area (Å²) in [6.45, 7) is 0. The lowest BCUT2D eigenvalue weighted by atomic mass is 10.3. The highest BCUT2D eigenvalue weighted by Crippen LogP contribution is 2.49. The van der Waals surface area contributed by atoms with E-state index in [2.05, 4.69) is 4.52 Å². The van der Waals surface area contributed by atoms with Crippen LogP contribution >= 0.6 is 62.3 Å². The SMILES string of the molecule is Nc1ccccc1OP(Cl)N=POc1cc(Cl)c(Cl)c(Cl)c1N. The van der Waals surface area contributed by atoms with Crippen molar-refractivity contribution >= 4 is 73.7 Å². The molecule has 0 saturated heterocycles. The summed E-state index contributed by atoms with van der Waals surface area (Å²) in [6.07, 6.45) is 0. The number of rotatable bonds is 5. The van der Waals surface area contributed by atoms with E-state index in [1.807, 2.05) is 0 Å². The standard InChI is InChI=1S/C12H9Cl4N3O2P2/c13-6-5-9(12(18)11(15)10(6)14)20-22-19-23(16)21-8-4-2-1-3-7(8)17/h1-5H,17-18H2. The first-order valence-corrected chi connectivity index (χ1v) is 9.91. The van der Waals surface area contributed by atoms with Crippen molar-refractivity contribution in [2.75, 3.05) is 11.5 Å². The lowest BCUT2D eigenvalue weighted by Gasteiger charge is -2.09. The second-order valence-corrected chi connectivity index (χ2v) is 7.74. The van der Waals surface area contributed by atoms with Crippen LogP contribution in [0, 0.1) is 0 Å². The first-order chi connectivity index (χ1) is 10.9. The van der Waals surface area contributed by atoms with Crippen LogP contribution in [0.4, 0.5) is 11.4 Å². The number of hydrogen-bond donors (Lipinski definition) is 2. The average Bonchev–Trinajstić information content (AvgIpc) is 2.52. The number of benzene rings is 2. The Morgan fingerprint density at radius 2 is 1.74 bits per heavy atom. The van der Waals surface area contributed by atoms with Crippen molar-refractivity contribution in [3.63, 3.8) is 0 Å². The topological polar surface area (TPSA) is 82.9 Å². The zero-order chi connectivity index (χ0) is 17.0. The molecule has 2 aromatic rings. The van der Waals surface area contributed by atoms with Gasteiger partial charge in [0.1, 0.15) is 5.75 Å². The van der Waals surface area contributed by atoms with Crippen LogP contribution in [0.15, 0.2) is 34.8 Å². The Hall–Kier alpha value is -0.670. The third kappa shape index (κ3) is 4.90. The molecule has 23 heavy (non-hydrogen) atoms. The van der Waals surface area contributed by atoms with Crippen molar-refractivity contribution in [1.82, 2.24) is 0 Å². The van der Waals surface area contributed by atoms with E-state index in [0.29, 0.717) is 11.4 Å². The quantitative estimate of drug-likeness (QED) is 0.311. The van der Waals surface area contributed by atoms with Gasteiger partial charge in [-0.2, -0.15) is 0 Å². The van der Waals surface area contributed by atoms with Gasteiger partial charge in [0.2, 0.25) is 0 Å². The van der Waals surface area contributed by atoms with Gasteiger partial charge >= 0.3 is 7.65 Å². The van der Waals surface area contributed by atoms with Crippen LogP contribution in [0.1, 0.15) is 0 Å². The lowest BCUT2D eigenvalue weighted by molar-refractivity contribution is 0.626. The predicted octanol–water partition coefficient (Wildman–Crippen LogP) is 6.78. The number of hydrogen-bond acceptors (Lipinski definition) is 5. The molecule has 0 amide bonds. The number of halogens is 4. The Morgan fingerprint density at radius 1 is 1.04 bits per heavy atom. The maximum absolute atomic E-state index is 6.01. The summed E-state index contributed by atoms with van der Waals surface area (Å²) in [5.74, 6) is 0.693. The summed E-state index contributed by atoms with van der Waals surface area (Å²) in [7, 11) is -1.49. The van der Waals surface area contributed by atoms with Gasteiger partial charge in [-0.1, -0.05) is 46.9 Å². The third-order valence-electron chi connectivity index (χ3n) is 2.50. The minimum Gasteiger partial charge on any atom is -0.437 e. The Balaban J connectivity index is 2.03. The number of para-hydroxylation sites is 2. The Kier molecular flexibility index (Phi) is 6.84. The van der Waals surface area contributed by atoms with Crippen molar-refractivity contribution in [2.45, 2.75) is 0 Å². The summed E-state index contributed by atoms with van der Waals surface area (Å²) in [5, 5.41) is 0.498.